The van der Waals surface area contributed by atoms with Crippen LogP contribution in [0.1, 0.15) is 10.8 Å². The quantitative estimate of drug-likeness (QED) is 0.240. The SMILES string of the molecule is C1=CC2C(S1)c1ccccc1N2c1ccc(-c2ccc(-n3c4ccccc4c4sccc43)cc2)cc1. The molecule has 2 aliphatic rings. The lowest BCUT2D eigenvalue weighted by Gasteiger charge is -2.26. The van der Waals surface area contributed by atoms with Gasteiger partial charge in [0, 0.05) is 22.4 Å². The van der Waals surface area contributed by atoms with Gasteiger partial charge in [-0.05, 0) is 69.9 Å². The highest BCUT2D eigenvalue weighted by molar-refractivity contribution is 8.02. The second-order valence-electron chi connectivity index (χ2n) is 9.39. The van der Waals surface area contributed by atoms with Gasteiger partial charge in [-0.25, -0.2) is 0 Å². The van der Waals surface area contributed by atoms with E-state index < -0.39 is 0 Å². The van der Waals surface area contributed by atoms with E-state index in [1.54, 1.807) is 0 Å². The van der Waals surface area contributed by atoms with Gasteiger partial charge in [-0.3, -0.25) is 0 Å². The van der Waals surface area contributed by atoms with Gasteiger partial charge in [0.05, 0.1) is 27.0 Å². The van der Waals surface area contributed by atoms with Crippen molar-refractivity contribution in [1.29, 1.82) is 0 Å². The summed E-state index contributed by atoms with van der Waals surface area (Å²) in [5, 5.41) is 6.26. The van der Waals surface area contributed by atoms with Crippen LogP contribution in [-0.4, -0.2) is 10.6 Å². The van der Waals surface area contributed by atoms with E-state index in [0.29, 0.717) is 11.3 Å². The molecule has 2 aliphatic heterocycles. The predicted octanol–water partition coefficient (Wildman–Crippen LogP) is 9.33. The molecule has 6 aromatic rings. The minimum absolute atomic E-state index is 0.392. The molecule has 4 heterocycles. The monoisotopic (exact) mass is 498 g/mol. The summed E-state index contributed by atoms with van der Waals surface area (Å²) < 4.78 is 3.73. The molecule has 2 unspecified atom stereocenters. The first-order chi connectivity index (χ1) is 17.9. The third-order valence-corrected chi connectivity index (χ3v) is 9.57. The summed E-state index contributed by atoms with van der Waals surface area (Å²) in [6.45, 7) is 0. The van der Waals surface area contributed by atoms with Gasteiger partial charge >= 0.3 is 0 Å². The standard InChI is InChI=1S/C32H22N2S2/c1-3-7-27-25(5-1)31-29(17-19-35-31)33(27)23-13-9-21(10-14-23)22-11-15-24(16-12-22)34-28-8-4-2-6-26(28)32-30(34)18-20-36-32/h1-20,29,31H. The number of thioether (sulfide) groups is 1. The topological polar surface area (TPSA) is 8.17 Å². The highest BCUT2D eigenvalue weighted by Crippen LogP contribution is 2.54. The van der Waals surface area contributed by atoms with Crippen molar-refractivity contribution in [3.05, 3.63) is 126 Å². The van der Waals surface area contributed by atoms with Crippen LogP contribution in [0.15, 0.2) is 120 Å². The Balaban J connectivity index is 1.14. The van der Waals surface area contributed by atoms with Crippen molar-refractivity contribution in [3.8, 4) is 16.8 Å². The van der Waals surface area contributed by atoms with Crippen molar-refractivity contribution >= 4 is 55.6 Å². The molecule has 0 amide bonds. The molecule has 172 valence electrons. The minimum atomic E-state index is 0.392. The van der Waals surface area contributed by atoms with Gasteiger partial charge in [0.2, 0.25) is 0 Å². The maximum Gasteiger partial charge on any atom is 0.0694 e. The summed E-state index contributed by atoms with van der Waals surface area (Å²) >= 11 is 3.75. The summed E-state index contributed by atoms with van der Waals surface area (Å²) in [4.78, 5) is 2.49. The molecule has 0 radical (unpaired) electrons. The van der Waals surface area contributed by atoms with Crippen LogP contribution < -0.4 is 4.90 Å². The van der Waals surface area contributed by atoms with Crippen LogP contribution in [0.4, 0.5) is 11.4 Å². The van der Waals surface area contributed by atoms with Crippen LogP contribution in [0.25, 0.3) is 37.9 Å². The summed E-state index contributed by atoms with van der Waals surface area (Å²) in [5.41, 5.74) is 10.2. The average Bonchev–Trinajstić information content (AvgIpc) is 3.70. The van der Waals surface area contributed by atoms with Crippen molar-refractivity contribution in [1.82, 2.24) is 4.57 Å². The van der Waals surface area contributed by atoms with E-state index in [9.17, 15) is 0 Å². The number of hydrogen-bond donors (Lipinski definition) is 0. The Morgan fingerprint density at radius 1 is 0.639 bits per heavy atom. The number of rotatable bonds is 3. The molecule has 36 heavy (non-hydrogen) atoms. The van der Waals surface area contributed by atoms with E-state index in [1.807, 2.05) is 23.1 Å². The second kappa shape index (κ2) is 7.89. The van der Waals surface area contributed by atoms with Gasteiger partial charge in [-0.15, -0.1) is 23.1 Å². The van der Waals surface area contributed by atoms with Gasteiger partial charge in [0.1, 0.15) is 0 Å². The lowest BCUT2D eigenvalue weighted by molar-refractivity contribution is 0.830. The van der Waals surface area contributed by atoms with Crippen molar-refractivity contribution in [2.45, 2.75) is 11.3 Å². The van der Waals surface area contributed by atoms with E-state index in [1.165, 1.54) is 54.9 Å². The minimum Gasteiger partial charge on any atom is -0.333 e. The van der Waals surface area contributed by atoms with E-state index in [2.05, 4.69) is 129 Å². The molecular weight excluding hydrogens is 477 g/mol. The normalized spacial score (nSPS) is 18.3. The first kappa shape index (κ1) is 20.5. The van der Waals surface area contributed by atoms with Crippen LogP contribution in [0.3, 0.4) is 0 Å². The highest BCUT2D eigenvalue weighted by atomic mass is 32.2. The molecule has 0 bridgehead atoms. The van der Waals surface area contributed by atoms with Crippen molar-refractivity contribution < 1.29 is 0 Å². The molecule has 0 spiro atoms. The largest absolute Gasteiger partial charge is 0.333 e. The van der Waals surface area contributed by atoms with Crippen LogP contribution in [0.5, 0.6) is 0 Å². The van der Waals surface area contributed by atoms with Gasteiger partial charge in [-0.1, -0.05) is 66.7 Å². The fourth-order valence-electron chi connectivity index (χ4n) is 5.86. The second-order valence-corrected chi connectivity index (χ2v) is 11.4. The number of aromatic nitrogens is 1. The number of anilines is 2. The van der Waals surface area contributed by atoms with E-state index in [0.717, 1.165) is 0 Å². The Hall–Kier alpha value is -3.73. The van der Waals surface area contributed by atoms with E-state index in [-0.39, 0.29) is 0 Å². The molecule has 0 aliphatic carbocycles. The zero-order valence-electron chi connectivity index (χ0n) is 19.4. The molecule has 2 nitrogen and oxygen atoms in total. The fourth-order valence-corrected chi connectivity index (χ4v) is 7.91. The van der Waals surface area contributed by atoms with E-state index in [4.69, 9.17) is 0 Å². The summed E-state index contributed by atoms with van der Waals surface area (Å²) in [6.07, 6.45) is 2.34. The Bertz CT molecular complexity index is 1770. The molecule has 4 aromatic carbocycles. The summed E-state index contributed by atoms with van der Waals surface area (Å²) in [7, 11) is 0. The molecule has 0 saturated heterocycles. The van der Waals surface area contributed by atoms with Gasteiger partial charge in [0.25, 0.3) is 0 Å². The molecule has 2 aromatic heterocycles. The lowest BCUT2D eigenvalue weighted by atomic mass is 10.0. The molecule has 0 fully saturated rings. The Morgan fingerprint density at radius 2 is 1.36 bits per heavy atom. The number of benzene rings is 4. The van der Waals surface area contributed by atoms with Gasteiger partial charge in [-0.2, -0.15) is 0 Å². The lowest BCUT2D eigenvalue weighted by Crippen LogP contribution is -2.25. The number of fused-ring (bicyclic) bond motifs is 6. The Kier molecular flexibility index (Phi) is 4.48. The molecule has 0 saturated carbocycles. The highest BCUT2D eigenvalue weighted by Gasteiger charge is 2.40. The first-order valence-electron chi connectivity index (χ1n) is 12.2. The smallest absolute Gasteiger partial charge is 0.0694 e. The van der Waals surface area contributed by atoms with Crippen LogP contribution >= 0.6 is 23.1 Å². The van der Waals surface area contributed by atoms with Crippen LogP contribution in [-0.2, 0) is 0 Å². The third kappa shape index (κ3) is 2.92. The van der Waals surface area contributed by atoms with E-state index >= 15 is 0 Å². The number of para-hydroxylation sites is 2. The summed E-state index contributed by atoms with van der Waals surface area (Å²) in [5.74, 6) is 0. The number of hydrogen-bond acceptors (Lipinski definition) is 3. The fraction of sp³-hybridized carbons (Fsp3) is 0.0625. The Labute approximate surface area is 218 Å². The van der Waals surface area contributed by atoms with Crippen molar-refractivity contribution in [3.63, 3.8) is 0 Å². The zero-order valence-corrected chi connectivity index (χ0v) is 21.0. The third-order valence-electron chi connectivity index (χ3n) is 7.49. The van der Waals surface area contributed by atoms with Crippen LogP contribution in [0.2, 0.25) is 0 Å². The molecule has 2 atom stereocenters. The maximum atomic E-state index is 2.49. The maximum absolute atomic E-state index is 2.49. The molecule has 8 rings (SSSR count). The Morgan fingerprint density at radius 3 is 2.19 bits per heavy atom. The first-order valence-corrected chi connectivity index (χ1v) is 14.1. The summed E-state index contributed by atoms with van der Waals surface area (Å²) in [6, 6.07) is 38.2. The molecular formula is C32H22N2S2. The zero-order chi connectivity index (χ0) is 23.6. The predicted molar refractivity (Wildman–Crippen MR) is 156 cm³/mol. The van der Waals surface area contributed by atoms with Crippen molar-refractivity contribution in [2.24, 2.45) is 0 Å². The number of nitrogens with zero attached hydrogens (tertiary/aromatic N) is 2. The van der Waals surface area contributed by atoms with Crippen molar-refractivity contribution in [2.75, 3.05) is 4.90 Å². The molecule has 4 heteroatoms. The van der Waals surface area contributed by atoms with Gasteiger partial charge < -0.3 is 9.47 Å². The van der Waals surface area contributed by atoms with Gasteiger partial charge in [0.15, 0.2) is 0 Å². The molecule has 0 N–H and O–H groups in total. The average molecular weight is 499 g/mol. The van der Waals surface area contributed by atoms with Crippen LogP contribution in [0, 0.1) is 0 Å². The number of thiophene rings is 1.